The van der Waals surface area contributed by atoms with Gasteiger partial charge in [-0.3, -0.25) is 4.79 Å². The smallest absolute Gasteiger partial charge is 0.237 e. The van der Waals surface area contributed by atoms with E-state index in [0.29, 0.717) is 13.0 Å². The maximum Gasteiger partial charge on any atom is 0.237 e. The monoisotopic (exact) mass is 278 g/mol. The summed E-state index contributed by atoms with van der Waals surface area (Å²) in [5, 5.41) is 12.0. The summed E-state index contributed by atoms with van der Waals surface area (Å²) >= 11 is 0. The molecule has 1 aromatic rings. The predicted octanol–water partition coefficient (Wildman–Crippen LogP) is 0.947. The van der Waals surface area contributed by atoms with Gasteiger partial charge in [-0.05, 0) is 43.4 Å². The number of nitrogens with two attached hydrogens (primary N) is 1. The summed E-state index contributed by atoms with van der Waals surface area (Å²) in [6.45, 7) is 1.31. The third-order valence-corrected chi connectivity index (χ3v) is 3.51. The Kier molecular flexibility index (Phi) is 5.38. The van der Waals surface area contributed by atoms with Gasteiger partial charge in [0, 0.05) is 13.2 Å². The van der Waals surface area contributed by atoms with E-state index in [0.717, 1.165) is 31.4 Å². The summed E-state index contributed by atoms with van der Waals surface area (Å²) in [6, 6.07) is 6.15. The van der Waals surface area contributed by atoms with Gasteiger partial charge in [-0.1, -0.05) is 12.1 Å². The highest BCUT2D eigenvalue weighted by Gasteiger charge is 2.18. The van der Waals surface area contributed by atoms with E-state index in [4.69, 9.17) is 10.5 Å². The third kappa shape index (κ3) is 4.51. The molecule has 1 saturated heterocycles. The molecule has 1 aliphatic heterocycles. The number of amides is 1. The second kappa shape index (κ2) is 7.26. The van der Waals surface area contributed by atoms with Crippen LogP contribution >= 0.6 is 0 Å². The average Bonchev–Trinajstić information content (AvgIpc) is 2.48. The normalized spacial score (nSPS) is 20.4. The number of ether oxygens (including phenoxy) is 1. The molecule has 1 aliphatic rings. The molecule has 0 aliphatic carbocycles. The fraction of sp³-hybridized carbons (Fsp3) is 0.533. The molecule has 1 heterocycles. The molecule has 0 aromatic heterocycles. The number of hydrogen-bond acceptors (Lipinski definition) is 4. The number of carbonyl (C=O) groups is 1. The van der Waals surface area contributed by atoms with Crippen molar-refractivity contribution >= 4 is 5.91 Å². The number of rotatable bonds is 5. The Bertz CT molecular complexity index is 427. The van der Waals surface area contributed by atoms with Crippen LogP contribution in [0.4, 0.5) is 0 Å². The number of phenols is 1. The topological polar surface area (TPSA) is 84.6 Å². The zero-order chi connectivity index (χ0) is 14.4. The molecule has 0 saturated carbocycles. The van der Waals surface area contributed by atoms with Crippen molar-refractivity contribution in [2.45, 2.75) is 37.8 Å². The van der Waals surface area contributed by atoms with Crippen molar-refractivity contribution in [2.75, 3.05) is 13.2 Å². The van der Waals surface area contributed by atoms with E-state index in [1.54, 1.807) is 24.3 Å². The molecule has 4 N–H and O–H groups in total. The van der Waals surface area contributed by atoms with Gasteiger partial charge in [-0.2, -0.15) is 0 Å². The van der Waals surface area contributed by atoms with Crippen LogP contribution in [0.5, 0.6) is 5.75 Å². The van der Waals surface area contributed by atoms with Gasteiger partial charge in [0.05, 0.1) is 12.1 Å². The van der Waals surface area contributed by atoms with Crippen molar-refractivity contribution in [2.24, 2.45) is 5.73 Å². The first kappa shape index (κ1) is 14.8. The highest BCUT2D eigenvalue weighted by molar-refractivity contribution is 5.81. The maximum absolute atomic E-state index is 11.9. The van der Waals surface area contributed by atoms with E-state index in [2.05, 4.69) is 5.32 Å². The molecule has 1 fully saturated rings. The first-order chi connectivity index (χ1) is 9.65. The largest absolute Gasteiger partial charge is 0.508 e. The highest BCUT2D eigenvalue weighted by atomic mass is 16.5. The molecule has 2 rings (SSSR count). The van der Waals surface area contributed by atoms with Gasteiger partial charge in [0.25, 0.3) is 0 Å². The van der Waals surface area contributed by atoms with Crippen LogP contribution in [0, 0.1) is 0 Å². The van der Waals surface area contributed by atoms with E-state index < -0.39 is 6.04 Å². The Hall–Kier alpha value is -1.59. The molecule has 1 unspecified atom stereocenters. The minimum atomic E-state index is -0.580. The van der Waals surface area contributed by atoms with E-state index in [1.807, 2.05) is 0 Å². The highest BCUT2D eigenvalue weighted by Crippen LogP contribution is 2.12. The zero-order valence-corrected chi connectivity index (χ0v) is 11.5. The second-order valence-corrected chi connectivity index (χ2v) is 5.21. The van der Waals surface area contributed by atoms with Gasteiger partial charge in [0.1, 0.15) is 5.75 Å². The molecule has 5 nitrogen and oxygen atoms in total. The molecular formula is C15H22N2O3. The lowest BCUT2D eigenvalue weighted by Crippen LogP contribution is -2.45. The second-order valence-electron chi connectivity index (χ2n) is 5.21. The molecular weight excluding hydrogens is 256 g/mol. The van der Waals surface area contributed by atoms with Crippen LogP contribution in [-0.4, -0.2) is 36.3 Å². The van der Waals surface area contributed by atoms with Crippen molar-refractivity contribution < 1.29 is 14.6 Å². The van der Waals surface area contributed by atoms with E-state index in [9.17, 15) is 9.90 Å². The Morgan fingerprint density at radius 3 is 2.80 bits per heavy atom. The van der Waals surface area contributed by atoms with Gasteiger partial charge >= 0.3 is 0 Å². The van der Waals surface area contributed by atoms with Crippen LogP contribution in [-0.2, 0) is 16.0 Å². The molecule has 5 heteroatoms. The van der Waals surface area contributed by atoms with Crippen LogP contribution in [0.2, 0.25) is 0 Å². The zero-order valence-electron chi connectivity index (χ0n) is 11.5. The third-order valence-electron chi connectivity index (χ3n) is 3.51. The summed E-state index contributed by atoms with van der Waals surface area (Å²) in [5.41, 5.74) is 6.82. The first-order valence-electron chi connectivity index (χ1n) is 7.08. The Morgan fingerprint density at radius 2 is 2.15 bits per heavy atom. The molecule has 0 spiro atoms. The molecule has 0 bridgehead atoms. The fourth-order valence-corrected chi connectivity index (χ4v) is 2.29. The van der Waals surface area contributed by atoms with Crippen molar-refractivity contribution in [3.05, 3.63) is 29.8 Å². The molecule has 1 aromatic carbocycles. The fourth-order valence-electron chi connectivity index (χ4n) is 2.29. The average molecular weight is 278 g/mol. The number of nitrogens with one attached hydrogen (secondary N) is 1. The van der Waals surface area contributed by atoms with Crippen LogP contribution in [0.1, 0.15) is 24.8 Å². The summed E-state index contributed by atoms with van der Waals surface area (Å²) in [7, 11) is 0. The number of carbonyl (C=O) groups excluding carboxylic acids is 1. The lowest BCUT2D eigenvalue weighted by molar-refractivity contribution is -0.123. The van der Waals surface area contributed by atoms with Crippen molar-refractivity contribution in [3.8, 4) is 5.75 Å². The number of hydrogen-bond donors (Lipinski definition) is 3. The summed E-state index contributed by atoms with van der Waals surface area (Å²) < 4.78 is 5.56. The maximum atomic E-state index is 11.9. The predicted molar refractivity (Wildman–Crippen MR) is 76.4 cm³/mol. The molecule has 110 valence electrons. The van der Waals surface area contributed by atoms with Crippen molar-refractivity contribution in [3.63, 3.8) is 0 Å². The lowest BCUT2D eigenvalue weighted by atomic mass is 10.1. The van der Waals surface area contributed by atoms with E-state index in [-0.39, 0.29) is 17.8 Å². The van der Waals surface area contributed by atoms with Crippen LogP contribution in [0.15, 0.2) is 24.3 Å². The van der Waals surface area contributed by atoms with E-state index in [1.165, 1.54) is 0 Å². The number of benzene rings is 1. The van der Waals surface area contributed by atoms with Gasteiger partial charge in [0.2, 0.25) is 5.91 Å². The standard InChI is InChI=1S/C15H22N2O3/c16-14(9-11-4-6-12(18)7-5-11)15(19)17-10-13-3-1-2-8-20-13/h4-7,13-14,18H,1-3,8-10,16H2,(H,17,19)/t13?,14-/m0/s1. The lowest BCUT2D eigenvalue weighted by Gasteiger charge is -2.23. The summed E-state index contributed by atoms with van der Waals surface area (Å²) in [4.78, 5) is 11.9. The van der Waals surface area contributed by atoms with Crippen molar-refractivity contribution in [1.29, 1.82) is 0 Å². The molecule has 2 atom stereocenters. The number of aromatic hydroxyl groups is 1. The molecule has 1 amide bonds. The minimum Gasteiger partial charge on any atom is -0.508 e. The molecule has 0 radical (unpaired) electrons. The van der Waals surface area contributed by atoms with Crippen LogP contribution < -0.4 is 11.1 Å². The van der Waals surface area contributed by atoms with Crippen LogP contribution in [0.25, 0.3) is 0 Å². The SMILES string of the molecule is N[C@@H](Cc1ccc(O)cc1)C(=O)NCC1CCCCO1. The Labute approximate surface area is 119 Å². The summed E-state index contributed by atoms with van der Waals surface area (Å²) in [5.74, 6) is 0.0495. The van der Waals surface area contributed by atoms with Gasteiger partial charge < -0.3 is 20.9 Å². The van der Waals surface area contributed by atoms with Gasteiger partial charge in [-0.25, -0.2) is 0 Å². The molecule has 20 heavy (non-hydrogen) atoms. The summed E-state index contributed by atoms with van der Waals surface area (Å²) in [6.07, 6.45) is 3.82. The number of phenolic OH excluding ortho intramolecular Hbond substituents is 1. The first-order valence-corrected chi connectivity index (χ1v) is 7.08. The Morgan fingerprint density at radius 1 is 1.40 bits per heavy atom. The quantitative estimate of drug-likeness (QED) is 0.748. The van der Waals surface area contributed by atoms with Crippen LogP contribution in [0.3, 0.4) is 0 Å². The van der Waals surface area contributed by atoms with Gasteiger partial charge in [0.15, 0.2) is 0 Å². The minimum absolute atomic E-state index is 0.119. The Balaban J connectivity index is 1.75. The van der Waals surface area contributed by atoms with Crippen molar-refractivity contribution in [1.82, 2.24) is 5.32 Å². The van der Waals surface area contributed by atoms with Gasteiger partial charge in [-0.15, -0.1) is 0 Å². The van der Waals surface area contributed by atoms with E-state index >= 15 is 0 Å².